The molecule has 0 aliphatic heterocycles. The summed E-state index contributed by atoms with van der Waals surface area (Å²) in [5.74, 6) is 0.445. The van der Waals surface area contributed by atoms with Gasteiger partial charge in [0.2, 0.25) is 0 Å². The predicted octanol–water partition coefficient (Wildman–Crippen LogP) is 3.31. The molecule has 21 heavy (non-hydrogen) atoms. The van der Waals surface area contributed by atoms with Gasteiger partial charge in [-0.15, -0.1) is 0 Å². The number of nitrogen functional groups attached to an aromatic ring is 1. The second-order valence-electron chi connectivity index (χ2n) is 5.86. The number of hydrogen-bond acceptors (Lipinski definition) is 4. The molecule has 0 aliphatic carbocycles. The maximum Gasteiger partial charge on any atom is 0.412 e. The summed E-state index contributed by atoms with van der Waals surface area (Å²) < 4.78 is 5.22. The van der Waals surface area contributed by atoms with Gasteiger partial charge in [-0.2, -0.15) is 5.10 Å². The van der Waals surface area contributed by atoms with Gasteiger partial charge in [0.05, 0.1) is 5.69 Å². The van der Waals surface area contributed by atoms with Crippen molar-refractivity contribution in [2.75, 3.05) is 11.1 Å². The summed E-state index contributed by atoms with van der Waals surface area (Å²) in [5.41, 5.74) is 8.58. The van der Waals surface area contributed by atoms with Crippen molar-refractivity contribution in [2.24, 2.45) is 0 Å². The van der Waals surface area contributed by atoms with E-state index >= 15 is 0 Å². The summed E-state index contributed by atoms with van der Waals surface area (Å²) in [4.78, 5) is 11.7. The molecule has 112 valence electrons. The van der Waals surface area contributed by atoms with Gasteiger partial charge in [0.15, 0.2) is 0 Å². The number of aromatic amines is 1. The zero-order valence-electron chi connectivity index (χ0n) is 12.7. The number of aromatic nitrogens is 2. The Hall–Kier alpha value is -2.50. The number of hydrogen-bond donors (Lipinski definition) is 3. The van der Waals surface area contributed by atoms with Gasteiger partial charge in [0, 0.05) is 17.3 Å². The standard InChI is InChI=1S/C15H20N4O2/c1-9-7-10(17-14(20)21-15(2,3)4)5-6-11(9)12-8-13(16)19-18-12/h5-8H,1-4H3,(H,17,20)(H3,16,18,19). The van der Waals surface area contributed by atoms with Gasteiger partial charge in [-0.1, -0.05) is 6.07 Å². The summed E-state index contributed by atoms with van der Waals surface area (Å²) in [6.45, 7) is 7.42. The van der Waals surface area contributed by atoms with Crippen molar-refractivity contribution >= 4 is 17.6 Å². The molecule has 2 rings (SSSR count). The fraction of sp³-hybridized carbons (Fsp3) is 0.333. The van der Waals surface area contributed by atoms with Crippen LogP contribution in [0.15, 0.2) is 24.3 Å². The van der Waals surface area contributed by atoms with E-state index in [4.69, 9.17) is 10.5 Å². The fourth-order valence-corrected chi connectivity index (χ4v) is 1.94. The van der Waals surface area contributed by atoms with Crippen LogP contribution in [-0.4, -0.2) is 21.9 Å². The second kappa shape index (κ2) is 5.47. The zero-order valence-corrected chi connectivity index (χ0v) is 12.7. The van der Waals surface area contributed by atoms with E-state index in [1.54, 1.807) is 6.07 Å². The molecule has 4 N–H and O–H groups in total. The number of ether oxygens (including phenoxy) is 1. The van der Waals surface area contributed by atoms with Crippen LogP contribution in [0.1, 0.15) is 26.3 Å². The van der Waals surface area contributed by atoms with Crippen LogP contribution in [0.5, 0.6) is 0 Å². The lowest BCUT2D eigenvalue weighted by atomic mass is 10.1. The number of carbonyl (C=O) groups excluding carboxylic acids is 1. The zero-order chi connectivity index (χ0) is 15.6. The first-order valence-corrected chi connectivity index (χ1v) is 6.66. The Balaban J connectivity index is 2.14. The lowest BCUT2D eigenvalue weighted by Crippen LogP contribution is -2.27. The number of nitrogens with two attached hydrogens (primary N) is 1. The maximum atomic E-state index is 11.7. The van der Waals surface area contributed by atoms with E-state index in [9.17, 15) is 4.79 Å². The van der Waals surface area contributed by atoms with Crippen molar-refractivity contribution in [3.05, 3.63) is 29.8 Å². The highest BCUT2D eigenvalue weighted by atomic mass is 16.6. The molecule has 0 fully saturated rings. The number of nitrogens with zero attached hydrogens (tertiary/aromatic N) is 1. The molecule has 1 aromatic carbocycles. The van der Waals surface area contributed by atoms with E-state index in [2.05, 4.69) is 15.5 Å². The number of anilines is 2. The average molecular weight is 288 g/mol. The van der Waals surface area contributed by atoms with Gasteiger partial charge in [-0.25, -0.2) is 4.79 Å². The molecule has 1 aromatic heterocycles. The van der Waals surface area contributed by atoms with Crippen LogP contribution in [-0.2, 0) is 4.74 Å². The number of rotatable bonds is 2. The van der Waals surface area contributed by atoms with E-state index in [0.717, 1.165) is 16.8 Å². The van der Waals surface area contributed by atoms with Crippen molar-refractivity contribution in [3.8, 4) is 11.3 Å². The Morgan fingerprint density at radius 1 is 1.33 bits per heavy atom. The molecule has 0 bridgehead atoms. The Morgan fingerprint density at radius 3 is 2.57 bits per heavy atom. The van der Waals surface area contributed by atoms with Gasteiger partial charge in [-0.05, 0) is 45.4 Å². The highest BCUT2D eigenvalue weighted by molar-refractivity contribution is 5.85. The van der Waals surface area contributed by atoms with Crippen LogP contribution in [0.4, 0.5) is 16.3 Å². The van der Waals surface area contributed by atoms with Crippen molar-refractivity contribution in [2.45, 2.75) is 33.3 Å². The first-order valence-electron chi connectivity index (χ1n) is 6.66. The number of carbonyl (C=O) groups is 1. The first-order chi connectivity index (χ1) is 9.74. The smallest absolute Gasteiger partial charge is 0.412 e. The normalized spacial score (nSPS) is 11.2. The van der Waals surface area contributed by atoms with Gasteiger partial charge in [0.1, 0.15) is 11.4 Å². The van der Waals surface area contributed by atoms with Crippen LogP contribution < -0.4 is 11.1 Å². The van der Waals surface area contributed by atoms with Crippen LogP contribution in [0.25, 0.3) is 11.3 Å². The lowest BCUT2D eigenvalue weighted by Gasteiger charge is -2.19. The Bertz CT molecular complexity index is 656. The van der Waals surface area contributed by atoms with Crippen molar-refractivity contribution in [1.29, 1.82) is 0 Å². The molecule has 0 aliphatic rings. The predicted molar refractivity (Wildman–Crippen MR) is 83.0 cm³/mol. The number of nitrogens with one attached hydrogen (secondary N) is 2. The lowest BCUT2D eigenvalue weighted by molar-refractivity contribution is 0.0636. The van der Waals surface area contributed by atoms with Gasteiger partial charge in [-0.3, -0.25) is 10.4 Å². The van der Waals surface area contributed by atoms with Crippen molar-refractivity contribution < 1.29 is 9.53 Å². The quantitative estimate of drug-likeness (QED) is 0.790. The number of amides is 1. The second-order valence-corrected chi connectivity index (χ2v) is 5.86. The molecule has 0 saturated carbocycles. The molecular formula is C15H20N4O2. The minimum Gasteiger partial charge on any atom is -0.444 e. The molecule has 1 heterocycles. The molecule has 6 nitrogen and oxygen atoms in total. The topological polar surface area (TPSA) is 93.0 Å². The van der Waals surface area contributed by atoms with Crippen LogP contribution in [0.2, 0.25) is 0 Å². The third-order valence-corrected chi connectivity index (χ3v) is 2.76. The van der Waals surface area contributed by atoms with Gasteiger partial charge >= 0.3 is 6.09 Å². The number of aryl methyl sites for hydroxylation is 1. The minimum atomic E-state index is -0.521. The molecule has 0 radical (unpaired) electrons. The number of benzene rings is 1. The summed E-state index contributed by atoms with van der Waals surface area (Å²) >= 11 is 0. The molecule has 0 unspecified atom stereocenters. The molecule has 0 atom stereocenters. The van der Waals surface area contributed by atoms with Gasteiger partial charge < -0.3 is 10.5 Å². The summed E-state index contributed by atoms with van der Waals surface area (Å²) in [5, 5.41) is 9.49. The molecule has 6 heteroatoms. The highest BCUT2D eigenvalue weighted by Gasteiger charge is 2.16. The van der Waals surface area contributed by atoms with E-state index in [0.29, 0.717) is 11.5 Å². The number of H-pyrrole nitrogens is 1. The van der Waals surface area contributed by atoms with E-state index in [1.165, 1.54) is 0 Å². The SMILES string of the molecule is Cc1cc(NC(=O)OC(C)(C)C)ccc1-c1cc(N)n[nH]1. The highest BCUT2D eigenvalue weighted by Crippen LogP contribution is 2.25. The molecule has 0 saturated heterocycles. The van der Waals surface area contributed by atoms with E-state index in [1.807, 2.05) is 45.9 Å². The minimum absolute atomic E-state index is 0.445. The van der Waals surface area contributed by atoms with Crippen LogP contribution >= 0.6 is 0 Å². The first kappa shape index (κ1) is 14.9. The van der Waals surface area contributed by atoms with E-state index in [-0.39, 0.29) is 0 Å². The average Bonchev–Trinajstić information content (AvgIpc) is 2.73. The maximum absolute atomic E-state index is 11.7. The third-order valence-electron chi connectivity index (χ3n) is 2.76. The third kappa shape index (κ3) is 3.98. The van der Waals surface area contributed by atoms with Gasteiger partial charge in [0.25, 0.3) is 0 Å². The van der Waals surface area contributed by atoms with E-state index < -0.39 is 11.7 Å². The largest absolute Gasteiger partial charge is 0.444 e. The van der Waals surface area contributed by atoms with Crippen molar-refractivity contribution in [1.82, 2.24) is 10.2 Å². The molecule has 0 spiro atoms. The Labute approximate surface area is 123 Å². The van der Waals surface area contributed by atoms with Crippen LogP contribution in [0.3, 0.4) is 0 Å². The summed E-state index contributed by atoms with van der Waals surface area (Å²) in [7, 11) is 0. The molecular weight excluding hydrogens is 268 g/mol. The summed E-state index contributed by atoms with van der Waals surface area (Å²) in [6, 6.07) is 7.35. The molecule has 2 aromatic rings. The summed E-state index contributed by atoms with van der Waals surface area (Å²) in [6.07, 6.45) is -0.472. The molecule has 1 amide bonds. The monoisotopic (exact) mass is 288 g/mol. The Kier molecular flexibility index (Phi) is 3.88. The van der Waals surface area contributed by atoms with Crippen LogP contribution in [0, 0.1) is 6.92 Å². The van der Waals surface area contributed by atoms with Crippen molar-refractivity contribution in [3.63, 3.8) is 0 Å². The Morgan fingerprint density at radius 2 is 2.05 bits per heavy atom. The fourth-order valence-electron chi connectivity index (χ4n) is 1.94.